The van der Waals surface area contributed by atoms with E-state index in [0.29, 0.717) is 5.76 Å². The molecule has 0 radical (unpaired) electrons. The molecule has 1 aliphatic rings. The number of ether oxygens (including phenoxy) is 1. The molecule has 0 saturated carbocycles. The summed E-state index contributed by atoms with van der Waals surface area (Å²) >= 11 is 0. The molecule has 0 aromatic carbocycles. The summed E-state index contributed by atoms with van der Waals surface area (Å²) in [5.74, 6) is 1.54. The number of furan rings is 1. The molecule has 1 N–H and O–H groups in total. The minimum Gasteiger partial charge on any atom is -0.462 e. The van der Waals surface area contributed by atoms with Crippen molar-refractivity contribution in [2.75, 3.05) is 20.2 Å². The molecule has 1 saturated heterocycles. The summed E-state index contributed by atoms with van der Waals surface area (Å²) in [4.78, 5) is 2.34. The summed E-state index contributed by atoms with van der Waals surface area (Å²) in [7, 11) is 1.78. The fourth-order valence-electron chi connectivity index (χ4n) is 2.42. The first-order valence-corrected chi connectivity index (χ1v) is 6.11. The summed E-state index contributed by atoms with van der Waals surface area (Å²) in [5, 5.41) is 8.95. The Morgan fingerprint density at radius 1 is 1.47 bits per heavy atom. The fourth-order valence-corrected chi connectivity index (χ4v) is 2.42. The van der Waals surface area contributed by atoms with Crippen molar-refractivity contribution in [2.24, 2.45) is 0 Å². The van der Waals surface area contributed by atoms with Gasteiger partial charge in [-0.1, -0.05) is 0 Å². The smallest absolute Gasteiger partial charge is 0.129 e. The lowest BCUT2D eigenvalue weighted by molar-refractivity contribution is -0.0539. The Kier molecular flexibility index (Phi) is 3.86. The Labute approximate surface area is 102 Å². The number of rotatable bonds is 4. The maximum absolute atomic E-state index is 8.95. The molecule has 17 heavy (non-hydrogen) atoms. The lowest BCUT2D eigenvalue weighted by Crippen LogP contribution is -2.46. The van der Waals surface area contributed by atoms with Gasteiger partial charge in [0.15, 0.2) is 0 Å². The van der Waals surface area contributed by atoms with Crippen molar-refractivity contribution in [3.8, 4) is 0 Å². The predicted molar refractivity (Wildman–Crippen MR) is 64.6 cm³/mol. The van der Waals surface area contributed by atoms with Gasteiger partial charge in [0.1, 0.15) is 18.1 Å². The molecule has 4 nitrogen and oxygen atoms in total. The number of methoxy groups -OCH3 is 1. The minimum absolute atomic E-state index is 0.0320. The second kappa shape index (κ2) is 5.21. The summed E-state index contributed by atoms with van der Waals surface area (Å²) in [6.07, 6.45) is 2.26. The number of piperidine rings is 1. The van der Waals surface area contributed by atoms with Gasteiger partial charge in [-0.3, -0.25) is 4.90 Å². The predicted octanol–water partition coefficient (Wildman–Crippen LogP) is 1.77. The van der Waals surface area contributed by atoms with Crippen LogP contribution < -0.4 is 0 Å². The molecule has 1 aromatic rings. The van der Waals surface area contributed by atoms with E-state index in [1.807, 2.05) is 12.1 Å². The van der Waals surface area contributed by atoms with Crippen LogP contribution in [0.4, 0.5) is 0 Å². The van der Waals surface area contributed by atoms with Crippen molar-refractivity contribution in [3.05, 3.63) is 23.7 Å². The van der Waals surface area contributed by atoms with E-state index in [-0.39, 0.29) is 12.2 Å². The Hall–Kier alpha value is -0.840. The van der Waals surface area contributed by atoms with E-state index in [1.54, 1.807) is 7.11 Å². The molecule has 0 amide bonds. The van der Waals surface area contributed by atoms with Crippen LogP contribution in [0.15, 0.2) is 16.5 Å². The second-order valence-corrected chi connectivity index (χ2v) is 4.99. The second-order valence-electron chi connectivity index (χ2n) is 4.99. The summed E-state index contributed by atoms with van der Waals surface area (Å²) in [6, 6.07) is 3.76. The van der Waals surface area contributed by atoms with Gasteiger partial charge in [-0.25, -0.2) is 0 Å². The van der Waals surface area contributed by atoms with Crippen LogP contribution in [-0.4, -0.2) is 35.8 Å². The molecule has 0 spiro atoms. The monoisotopic (exact) mass is 239 g/mol. The van der Waals surface area contributed by atoms with Crippen LogP contribution in [0.1, 0.15) is 31.3 Å². The van der Waals surface area contributed by atoms with Crippen LogP contribution in [0.3, 0.4) is 0 Å². The van der Waals surface area contributed by atoms with E-state index in [9.17, 15) is 0 Å². The highest BCUT2D eigenvalue weighted by Gasteiger charge is 2.30. The zero-order chi connectivity index (χ0) is 12.3. The minimum atomic E-state index is -0.0371. The molecule has 0 bridgehead atoms. The number of hydrogen-bond donors (Lipinski definition) is 1. The van der Waals surface area contributed by atoms with E-state index in [2.05, 4.69) is 11.8 Å². The van der Waals surface area contributed by atoms with Crippen molar-refractivity contribution >= 4 is 0 Å². The van der Waals surface area contributed by atoms with Gasteiger partial charge in [0.25, 0.3) is 0 Å². The van der Waals surface area contributed by atoms with Crippen molar-refractivity contribution in [3.63, 3.8) is 0 Å². The Bertz CT molecular complexity index is 363. The molecular weight excluding hydrogens is 218 g/mol. The van der Waals surface area contributed by atoms with Crippen LogP contribution >= 0.6 is 0 Å². The SMILES string of the molecule is COC1(C)CCCN(Cc2ccc(CO)o2)C1. The molecule has 0 aliphatic carbocycles. The number of nitrogens with zero attached hydrogens (tertiary/aromatic N) is 1. The Morgan fingerprint density at radius 3 is 2.88 bits per heavy atom. The van der Waals surface area contributed by atoms with Gasteiger partial charge in [-0.2, -0.15) is 0 Å². The van der Waals surface area contributed by atoms with Crippen LogP contribution in [0, 0.1) is 0 Å². The quantitative estimate of drug-likeness (QED) is 0.870. The standard InChI is InChI=1S/C13H21NO3/c1-13(16-2)6-3-7-14(10-13)8-11-4-5-12(9-15)17-11/h4-5,15H,3,6-10H2,1-2H3. The lowest BCUT2D eigenvalue weighted by atomic mass is 9.95. The molecule has 1 aromatic heterocycles. The van der Waals surface area contributed by atoms with Gasteiger partial charge in [0, 0.05) is 13.7 Å². The summed E-state index contributed by atoms with van der Waals surface area (Å²) in [6.45, 7) is 4.92. The topological polar surface area (TPSA) is 45.8 Å². The molecule has 1 atom stereocenters. The molecule has 2 rings (SSSR count). The molecule has 1 unspecified atom stereocenters. The molecule has 1 aliphatic heterocycles. The van der Waals surface area contributed by atoms with E-state index in [0.717, 1.165) is 38.2 Å². The van der Waals surface area contributed by atoms with Gasteiger partial charge in [0.2, 0.25) is 0 Å². The molecular formula is C13H21NO3. The summed E-state index contributed by atoms with van der Waals surface area (Å²) < 4.78 is 11.1. The molecule has 4 heteroatoms. The van der Waals surface area contributed by atoms with Crippen molar-refractivity contribution < 1.29 is 14.3 Å². The van der Waals surface area contributed by atoms with Gasteiger partial charge in [0.05, 0.1) is 12.1 Å². The van der Waals surface area contributed by atoms with Gasteiger partial charge >= 0.3 is 0 Å². The van der Waals surface area contributed by atoms with E-state index in [1.165, 1.54) is 0 Å². The normalized spacial score (nSPS) is 26.3. The van der Waals surface area contributed by atoms with Crippen LogP contribution in [0.25, 0.3) is 0 Å². The average Bonchev–Trinajstić information content (AvgIpc) is 2.77. The molecule has 2 heterocycles. The largest absolute Gasteiger partial charge is 0.462 e. The van der Waals surface area contributed by atoms with E-state index >= 15 is 0 Å². The maximum Gasteiger partial charge on any atom is 0.129 e. The third-order valence-electron chi connectivity index (χ3n) is 3.48. The third-order valence-corrected chi connectivity index (χ3v) is 3.48. The first-order valence-electron chi connectivity index (χ1n) is 6.11. The van der Waals surface area contributed by atoms with E-state index < -0.39 is 0 Å². The zero-order valence-electron chi connectivity index (χ0n) is 10.6. The van der Waals surface area contributed by atoms with Crippen molar-refractivity contribution in [1.29, 1.82) is 0 Å². The average molecular weight is 239 g/mol. The summed E-state index contributed by atoms with van der Waals surface area (Å²) in [5.41, 5.74) is -0.0371. The van der Waals surface area contributed by atoms with Gasteiger partial charge in [-0.05, 0) is 38.4 Å². The van der Waals surface area contributed by atoms with Crippen LogP contribution in [-0.2, 0) is 17.9 Å². The van der Waals surface area contributed by atoms with Gasteiger partial charge in [-0.15, -0.1) is 0 Å². The highest BCUT2D eigenvalue weighted by molar-refractivity contribution is 5.06. The van der Waals surface area contributed by atoms with E-state index in [4.69, 9.17) is 14.3 Å². The highest BCUT2D eigenvalue weighted by Crippen LogP contribution is 2.25. The molecule has 1 fully saturated rings. The number of aliphatic hydroxyl groups excluding tert-OH is 1. The first kappa shape index (κ1) is 12.6. The van der Waals surface area contributed by atoms with Gasteiger partial charge < -0.3 is 14.3 Å². The number of aliphatic hydroxyl groups is 1. The van der Waals surface area contributed by atoms with Crippen molar-refractivity contribution in [2.45, 2.75) is 38.5 Å². The lowest BCUT2D eigenvalue weighted by Gasteiger charge is -2.39. The zero-order valence-corrected chi connectivity index (χ0v) is 10.6. The van der Waals surface area contributed by atoms with Crippen LogP contribution in [0.5, 0.6) is 0 Å². The highest BCUT2D eigenvalue weighted by atomic mass is 16.5. The van der Waals surface area contributed by atoms with Crippen molar-refractivity contribution in [1.82, 2.24) is 4.90 Å². The fraction of sp³-hybridized carbons (Fsp3) is 0.692. The third kappa shape index (κ3) is 3.09. The first-order chi connectivity index (χ1) is 8.15. The van der Waals surface area contributed by atoms with Crippen LogP contribution in [0.2, 0.25) is 0 Å². The number of hydrogen-bond acceptors (Lipinski definition) is 4. The Balaban J connectivity index is 1.94. The molecule has 96 valence electrons. The maximum atomic E-state index is 8.95. The Morgan fingerprint density at radius 2 is 2.24 bits per heavy atom. The number of likely N-dealkylation sites (tertiary alicyclic amines) is 1.